The van der Waals surface area contributed by atoms with E-state index >= 15 is 0 Å². The molecule has 0 heterocycles. The van der Waals surface area contributed by atoms with E-state index in [1.54, 1.807) is 25.3 Å². The summed E-state index contributed by atoms with van der Waals surface area (Å²) in [6, 6.07) is 5.12. The molecule has 0 saturated carbocycles. The Morgan fingerprint density at radius 2 is 2.24 bits per heavy atom. The number of methoxy groups -OCH3 is 1. The fourth-order valence-electron chi connectivity index (χ4n) is 1.78. The SMILES string of the molecule is CCOC(C)CNC(=O)c1ccc(OC)c(C#CCN)c1. The molecule has 5 nitrogen and oxygen atoms in total. The van der Waals surface area contributed by atoms with Gasteiger partial charge in [-0.3, -0.25) is 4.79 Å². The first-order chi connectivity index (χ1) is 10.1. The van der Waals surface area contributed by atoms with Crippen molar-refractivity contribution in [3.63, 3.8) is 0 Å². The predicted molar refractivity (Wildman–Crippen MR) is 82.3 cm³/mol. The summed E-state index contributed by atoms with van der Waals surface area (Å²) < 4.78 is 10.6. The summed E-state index contributed by atoms with van der Waals surface area (Å²) in [7, 11) is 1.56. The minimum Gasteiger partial charge on any atom is -0.495 e. The third-order valence-electron chi connectivity index (χ3n) is 2.79. The first-order valence-electron chi connectivity index (χ1n) is 6.89. The molecule has 21 heavy (non-hydrogen) atoms. The minimum atomic E-state index is -0.167. The summed E-state index contributed by atoms with van der Waals surface area (Å²) in [5.74, 6) is 6.11. The molecular weight excluding hydrogens is 268 g/mol. The van der Waals surface area contributed by atoms with Crippen molar-refractivity contribution in [1.29, 1.82) is 0 Å². The van der Waals surface area contributed by atoms with Gasteiger partial charge in [0.2, 0.25) is 0 Å². The average molecular weight is 290 g/mol. The smallest absolute Gasteiger partial charge is 0.251 e. The predicted octanol–water partition coefficient (Wildman–Crippen LogP) is 1.16. The van der Waals surface area contributed by atoms with Crippen molar-refractivity contribution in [1.82, 2.24) is 5.32 Å². The lowest BCUT2D eigenvalue weighted by atomic mass is 10.1. The normalized spacial score (nSPS) is 11.2. The lowest BCUT2D eigenvalue weighted by molar-refractivity contribution is 0.0695. The fraction of sp³-hybridized carbons (Fsp3) is 0.438. The Kier molecular flexibility index (Phi) is 7.30. The van der Waals surface area contributed by atoms with E-state index in [1.807, 2.05) is 13.8 Å². The zero-order chi connectivity index (χ0) is 15.7. The van der Waals surface area contributed by atoms with Gasteiger partial charge in [-0.25, -0.2) is 0 Å². The zero-order valence-electron chi connectivity index (χ0n) is 12.7. The van der Waals surface area contributed by atoms with E-state index in [9.17, 15) is 4.79 Å². The van der Waals surface area contributed by atoms with Crippen LogP contribution in [0.15, 0.2) is 18.2 Å². The highest BCUT2D eigenvalue weighted by atomic mass is 16.5. The maximum Gasteiger partial charge on any atom is 0.251 e. The number of rotatable bonds is 6. The van der Waals surface area contributed by atoms with Crippen LogP contribution < -0.4 is 15.8 Å². The number of nitrogens with one attached hydrogen (secondary N) is 1. The molecule has 1 aromatic carbocycles. The molecule has 0 spiro atoms. The molecule has 1 rings (SSSR count). The summed E-state index contributed by atoms with van der Waals surface area (Å²) in [6.07, 6.45) is -0.0197. The Labute approximate surface area is 125 Å². The van der Waals surface area contributed by atoms with Crippen molar-refractivity contribution >= 4 is 5.91 Å². The largest absolute Gasteiger partial charge is 0.495 e. The molecular formula is C16H22N2O3. The number of hydrogen-bond donors (Lipinski definition) is 2. The molecule has 0 aliphatic heterocycles. The molecule has 3 N–H and O–H groups in total. The van der Waals surface area contributed by atoms with Crippen molar-refractivity contribution in [3.8, 4) is 17.6 Å². The lowest BCUT2D eigenvalue weighted by Crippen LogP contribution is -2.32. The first kappa shape index (κ1) is 17.0. The molecule has 1 unspecified atom stereocenters. The Bertz CT molecular complexity index is 532. The number of amides is 1. The van der Waals surface area contributed by atoms with Crippen LogP contribution >= 0.6 is 0 Å². The van der Waals surface area contributed by atoms with Gasteiger partial charge in [0.15, 0.2) is 0 Å². The van der Waals surface area contributed by atoms with Crippen LogP contribution in [0.3, 0.4) is 0 Å². The van der Waals surface area contributed by atoms with Gasteiger partial charge in [-0.05, 0) is 32.0 Å². The van der Waals surface area contributed by atoms with Crippen LogP contribution in [0.2, 0.25) is 0 Å². The Balaban J connectivity index is 2.80. The minimum absolute atomic E-state index is 0.0197. The summed E-state index contributed by atoms with van der Waals surface area (Å²) in [6.45, 7) is 5.17. The number of carbonyl (C=O) groups excluding carboxylic acids is 1. The van der Waals surface area contributed by atoms with Crippen LogP contribution in [0.5, 0.6) is 5.75 Å². The third kappa shape index (κ3) is 5.46. The molecule has 0 aliphatic rings. The van der Waals surface area contributed by atoms with Crippen LogP contribution in [0, 0.1) is 11.8 Å². The second-order valence-corrected chi connectivity index (χ2v) is 4.40. The van der Waals surface area contributed by atoms with Gasteiger partial charge in [0.05, 0.1) is 25.3 Å². The number of carbonyl (C=O) groups is 1. The highest BCUT2D eigenvalue weighted by Crippen LogP contribution is 2.18. The highest BCUT2D eigenvalue weighted by Gasteiger charge is 2.10. The molecule has 0 bridgehead atoms. The second kappa shape index (κ2) is 9.01. The molecule has 1 amide bonds. The van der Waals surface area contributed by atoms with E-state index in [1.165, 1.54) is 0 Å². The van der Waals surface area contributed by atoms with Crippen LogP contribution in [0.1, 0.15) is 29.8 Å². The number of hydrogen-bond acceptors (Lipinski definition) is 4. The van der Waals surface area contributed by atoms with Crippen LogP contribution in [-0.2, 0) is 4.74 Å². The third-order valence-corrected chi connectivity index (χ3v) is 2.79. The van der Waals surface area contributed by atoms with Crippen LogP contribution in [-0.4, -0.2) is 38.8 Å². The van der Waals surface area contributed by atoms with Crippen LogP contribution in [0.25, 0.3) is 0 Å². The number of ether oxygens (including phenoxy) is 2. The van der Waals surface area contributed by atoms with Crippen LogP contribution in [0.4, 0.5) is 0 Å². The van der Waals surface area contributed by atoms with Gasteiger partial charge in [-0.2, -0.15) is 0 Å². The maximum atomic E-state index is 12.1. The van der Waals surface area contributed by atoms with Crippen molar-refractivity contribution in [2.24, 2.45) is 5.73 Å². The van der Waals surface area contributed by atoms with E-state index < -0.39 is 0 Å². The molecule has 0 aliphatic carbocycles. The maximum absolute atomic E-state index is 12.1. The van der Waals surface area contributed by atoms with Crippen molar-refractivity contribution in [3.05, 3.63) is 29.3 Å². The van der Waals surface area contributed by atoms with E-state index in [-0.39, 0.29) is 18.6 Å². The summed E-state index contributed by atoms with van der Waals surface area (Å²) in [5.41, 5.74) is 6.54. The van der Waals surface area contributed by atoms with E-state index in [2.05, 4.69) is 17.2 Å². The Morgan fingerprint density at radius 3 is 2.86 bits per heavy atom. The molecule has 0 radical (unpaired) electrons. The second-order valence-electron chi connectivity index (χ2n) is 4.40. The monoisotopic (exact) mass is 290 g/mol. The first-order valence-corrected chi connectivity index (χ1v) is 6.89. The van der Waals surface area contributed by atoms with Gasteiger partial charge in [0, 0.05) is 18.7 Å². The lowest BCUT2D eigenvalue weighted by Gasteiger charge is -2.13. The molecule has 114 valence electrons. The van der Waals surface area contributed by atoms with Gasteiger partial charge in [-0.1, -0.05) is 11.8 Å². The molecule has 1 atom stereocenters. The molecule has 0 fully saturated rings. The van der Waals surface area contributed by atoms with Gasteiger partial charge < -0.3 is 20.5 Å². The Hall–Kier alpha value is -2.03. The van der Waals surface area contributed by atoms with E-state index in [4.69, 9.17) is 15.2 Å². The Morgan fingerprint density at radius 1 is 1.48 bits per heavy atom. The molecule has 0 saturated heterocycles. The van der Waals surface area contributed by atoms with Crippen molar-refractivity contribution in [2.45, 2.75) is 20.0 Å². The molecule has 1 aromatic rings. The van der Waals surface area contributed by atoms with Crippen molar-refractivity contribution < 1.29 is 14.3 Å². The van der Waals surface area contributed by atoms with E-state index in [0.29, 0.717) is 30.0 Å². The van der Waals surface area contributed by atoms with Crippen molar-refractivity contribution in [2.75, 3.05) is 26.8 Å². The number of nitrogens with two attached hydrogens (primary N) is 1. The standard InChI is InChI=1S/C16H22N2O3/c1-4-21-12(2)11-18-16(19)14-7-8-15(20-3)13(10-14)6-5-9-17/h7-8,10,12H,4,9,11,17H2,1-3H3,(H,18,19). The number of benzene rings is 1. The molecule has 0 aromatic heterocycles. The average Bonchev–Trinajstić information content (AvgIpc) is 2.50. The quantitative estimate of drug-likeness (QED) is 0.771. The topological polar surface area (TPSA) is 73.6 Å². The fourth-order valence-corrected chi connectivity index (χ4v) is 1.78. The zero-order valence-corrected chi connectivity index (χ0v) is 12.7. The van der Waals surface area contributed by atoms with Gasteiger partial charge in [0.1, 0.15) is 5.75 Å². The van der Waals surface area contributed by atoms with Gasteiger partial charge in [0.25, 0.3) is 5.91 Å². The molecule has 5 heteroatoms. The van der Waals surface area contributed by atoms with Gasteiger partial charge in [-0.15, -0.1) is 0 Å². The van der Waals surface area contributed by atoms with Gasteiger partial charge >= 0.3 is 0 Å². The highest BCUT2D eigenvalue weighted by molar-refractivity contribution is 5.94. The summed E-state index contributed by atoms with van der Waals surface area (Å²) in [4.78, 5) is 12.1. The summed E-state index contributed by atoms with van der Waals surface area (Å²) >= 11 is 0. The van der Waals surface area contributed by atoms with E-state index in [0.717, 1.165) is 0 Å². The summed E-state index contributed by atoms with van der Waals surface area (Å²) in [5, 5.41) is 2.83.